The first-order chi connectivity index (χ1) is 17.5. The number of nitrogens with zero attached hydrogens (tertiary/aromatic N) is 5. The lowest BCUT2D eigenvalue weighted by molar-refractivity contribution is 0.188. The number of hydrogen-bond donors (Lipinski definition) is 2. The van der Waals surface area contributed by atoms with E-state index < -0.39 is 0 Å². The fourth-order valence-corrected chi connectivity index (χ4v) is 4.72. The Balaban J connectivity index is 1.30. The average molecular weight is 526 g/mol. The maximum atomic E-state index is 13.1. The Labute approximate surface area is 218 Å². The molecule has 0 saturated carbocycles. The van der Waals surface area contributed by atoms with Crippen molar-refractivity contribution in [2.24, 2.45) is 7.05 Å². The molecule has 1 saturated heterocycles. The average Bonchev–Trinajstić information content (AvgIpc) is 2.89. The summed E-state index contributed by atoms with van der Waals surface area (Å²) in [6.45, 7) is 5.56. The molecule has 1 aliphatic heterocycles. The summed E-state index contributed by atoms with van der Waals surface area (Å²) in [6.07, 6.45) is 3.31. The van der Waals surface area contributed by atoms with E-state index >= 15 is 0 Å². The molecule has 1 aromatic carbocycles. The number of nitrogens with one attached hydrogen (secondary N) is 2. The van der Waals surface area contributed by atoms with Gasteiger partial charge >= 0.3 is 0 Å². The van der Waals surface area contributed by atoms with Crippen LogP contribution in [0.5, 0.6) is 5.88 Å². The van der Waals surface area contributed by atoms with E-state index in [4.69, 9.17) is 27.9 Å². The van der Waals surface area contributed by atoms with Crippen LogP contribution < -0.4 is 20.9 Å². The minimum atomic E-state index is -0.258. The maximum Gasteiger partial charge on any atom is 0.259 e. The Morgan fingerprint density at radius 1 is 1.08 bits per heavy atom. The molecule has 9 nitrogen and oxygen atoms in total. The number of fused-ring (bicyclic) bond motifs is 1. The van der Waals surface area contributed by atoms with Crippen molar-refractivity contribution in [1.29, 1.82) is 0 Å². The van der Waals surface area contributed by atoms with Gasteiger partial charge in [0.15, 0.2) is 0 Å². The predicted molar refractivity (Wildman–Crippen MR) is 143 cm³/mol. The monoisotopic (exact) mass is 525 g/mol. The second kappa shape index (κ2) is 10.8. The number of ether oxygens (including phenoxy) is 1. The number of aryl methyl sites for hydroxylation is 1. The number of anilines is 2. The van der Waals surface area contributed by atoms with Crippen LogP contribution in [0.3, 0.4) is 0 Å². The molecule has 0 spiro atoms. The quantitative estimate of drug-likeness (QED) is 0.376. The van der Waals surface area contributed by atoms with Crippen molar-refractivity contribution in [3.05, 3.63) is 69.2 Å². The van der Waals surface area contributed by atoms with Crippen LogP contribution in [-0.4, -0.2) is 63.7 Å². The van der Waals surface area contributed by atoms with Crippen molar-refractivity contribution in [1.82, 2.24) is 29.7 Å². The molecule has 4 aromatic rings. The molecule has 186 valence electrons. The lowest BCUT2D eigenvalue weighted by Gasteiger charge is -2.26. The van der Waals surface area contributed by atoms with E-state index in [-0.39, 0.29) is 5.56 Å². The van der Waals surface area contributed by atoms with Gasteiger partial charge in [0.2, 0.25) is 11.8 Å². The minimum Gasteiger partial charge on any atom is -0.476 e. The van der Waals surface area contributed by atoms with Crippen molar-refractivity contribution in [3.8, 4) is 17.0 Å². The molecule has 2 N–H and O–H groups in total. The van der Waals surface area contributed by atoms with Crippen molar-refractivity contribution in [2.75, 3.05) is 44.6 Å². The Morgan fingerprint density at radius 3 is 2.58 bits per heavy atom. The van der Waals surface area contributed by atoms with Gasteiger partial charge in [-0.1, -0.05) is 29.3 Å². The molecule has 1 fully saturated rings. The first-order valence-electron chi connectivity index (χ1n) is 11.6. The summed E-state index contributed by atoms with van der Waals surface area (Å²) in [4.78, 5) is 28.8. The molecule has 11 heteroatoms. The first kappa shape index (κ1) is 24.5. The lowest BCUT2D eigenvalue weighted by atomic mass is 10.1. The molecular weight excluding hydrogens is 501 g/mol. The molecule has 0 amide bonds. The lowest BCUT2D eigenvalue weighted by Crippen LogP contribution is -2.44. The van der Waals surface area contributed by atoms with Gasteiger partial charge in [-0.3, -0.25) is 14.3 Å². The van der Waals surface area contributed by atoms with Gasteiger partial charge in [-0.2, -0.15) is 4.98 Å². The Bertz CT molecular complexity index is 1420. The largest absolute Gasteiger partial charge is 0.476 e. The predicted octanol–water partition coefficient (Wildman–Crippen LogP) is 3.72. The van der Waals surface area contributed by atoms with Gasteiger partial charge in [0, 0.05) is 63.0 Å². The van der Waals surface area contributed by atoms with Gasteiger partial charge in [0.1, 0.15) is 12.3 Å². The number of hydrogen-bond acceptors (Lipinski definition) is 8. The van der Waals surface area contributed by atoms with Gasteiger partial charge in [0.25, 0.3) is 5.56 Å². The number of pyridine rings is 2. The van der Waals surface area contributed by atoms with Crippen molar-refractivity contribution < 1.29 is 4.74 Å². The van der Waals surface area contributed by atoms with E-state index in [1.807, 2.05) is 6.07 Å². The molecule has 36 heavy (non-hydrogen) atoms. The van der Waals surface area contributed by atoms with Gasteiger partial charge in [-0.15, -0.1) is 0 Å². The summed E-state index contributed by atoms with van der Waals surface area (Å²) in [5.41, 5.74) is 1.80. The highest BCUT2D eigenvalue weighted by molar-refractivity contribution is 6.39. The SMILES string of the molecule is Cn1c(=O)c(-c2c(Cl)cccc2Cl)cc2cnc(Nc3ccc(OCCN4CCNCC4)nc3)nc21. The highest BCUT2D eigenvalue weighted by Crippen LogP contribution is 2.33. The van der Waals surface area contributed by atoms with Crippen molar-refractivity contribution in [2.45, 2.75) is 0 Å². The third-order valence-electron chi connectivity index (χ3n) is 6.04. The Morgan fingerprint density at radius 2 is 1.86 bits per heavy atom. The van der Waals surface area contributed by atoms with E-state index in [9.17, 15) is 4.79 Å². The number of aromatic nitrogens is 4. The summed E-state index contributed by atoms with van der Waals surface area (Å²) in [6, 6.07) is 10.5. The minimum absolute atomic E-state index is 0.258. The number of rotatable bonds is 7. The van der Waals surface area contributed by atoms with E-state index in [1.165, 1.54) is 4.57 Å². The number of benzene rings is 1. The first-order valence-corrected chi connectivity index (χ1v) is 12.4. The van der Waals surface area contributed by atoms with Crippen LogP contribution in [0.1, 0.15) is 0 Å². The van der Waals surface area contributed by atoms with Crippen LogP contribution in [0.25, 0.3) is 22.2 Å². The van der Waals surface area contributed by atoms with Crippen LogP contribution in [0.15, 0.2) is 53.6 Å². The number of halogens is 2. The molecule has 0 atom stereocenters. The zero-order valence-electron chi connectivity index (χ0n) is 19.7. The molecule has 1 aliphatic rings. The highest BCUT2D eigenvalue weighted by Gasteiger charge is 2.16. The molecule has 0 aliphatic carbocycles. The smallest absolute Gasteiger partial charge is 0.259 e. The molecule has 3 aromatic heterocycles. The van der Waals surface area contributed by atoms with Gasteiger partial charge < -0.3 is 15.4 Å². The fraction of sp³-hybridized carbons (Fsp3) is 0.280. The molecular formula is C25H25Cl2N7O2. The molecule has 0 radical (unpaired) electrons. The second-order valence-electron chi connectivity index (χ2n) is 8.44. The molecule has 0 unspecified atom stereocenters. The van der Waals surface area contributed by atoms with Crippen molar-refractivity contribution in [3.63, 3.8) is 0 Å². The Hall–Kier alpha value is -3.24. The van der Waals surface area contributed by atoms with Crippen molar-refractivity contribution >= 4 is 45.9 Å². The third-order valence-corrected chi connectivity index (χ3v) is 6.67. The second-order valence-corrected chi connectivity index (χ2v) is 9.26. The van der Waals surface area contributed by atoms with Crippen LogP contribution in [0.4, 0.5) is 11.6 Å². The Kier molecular flexibility index (Phi) is 7.33. The van der Waals surface area contributed by atoms with Crippen LogP contribution in [-0.2, 0) is 7.05 Å². The molecule has 5 rings (SSSR count). The molecule has 4 heterocycles. The summed E-state index contributed by atoms with van der Waals surface area (Å²) in [5.74, 6) is 0.901. The van der Waals surface area contributed by atoms with Gasteiger partial charge in [-0.25, -0.2) is 9.97 Å². The van der Waals surface area contributed by atoms with E-state index in [0.717, 1.165) is 32.7 Å². The van der Waals surface area contributed by atoms with Crippen LogP contribution in [0, 0.1) is 0 Å². The summed E-state index contributed by atoms with van der Waals surface area (Å²) in [7, 11) is 1.66. The maximum absolute atomic E-state index is 13.1. The van der Waals surface area contributed by atoms with Gasteiger partial charge in [-0.05, 0) is 24.3 Å². The topological polar surface area (TPSA) is 97.2 Å². The van der Waals surface area contributed by atoms with Gasteiger partial charge in [0.05, 0.1) is 27.5 Å². The third kappa shape index (κ3) is 5.29. The normalized spacial score (nSPS) is 14.2. The fourth-order valence-electron chi connectivity index (χ4n) is 4.12. The van der Waals surface area contributed by atoms with E-state index in [1.54, 1.807) is 49.8 Å². The standard InChI is InChI=1S/C25H25Cl2N7O2/c1-33-23-16(13-18(24(33)35)22-19(26)3-2-4-20(22)27)14-30-25(32-23)31-17-5-6-21(29-15-17)36-12-11-34-9-7-28-8-10-34/h2-6,13-15,28H,7-12H2,1H3,(H,30,31,32). The summed E-state index contributed by atoms with van der Waals surface area (Å²) < 4.78 is 7.24. The summed E-state index contributed by atoms with van der Waals surface area (Å²) in [5, 5.41) is 7.96. The molecule has 0 bridgehead atoms. The zero-order valence-corrected chi connectivity index (χ0v) is 21.2. The highest BCUT2D eigenvalue weighted by atomic mass is 35.5. The van der Waals surface area contributed by atoms with E-state index in [0.29, 0.717) is 56.3 Å². The van der Waals surface area contributed by atoms with Crippen LogP contribution in [0.2, 0.25) is 10.0 Å². The van der Waals surface area contributed by atoms with Crippen LogP contribution >= 0.6 is 23.2 Å². The number of piperazine rings is 1. The summed E-state index contributed by atoms with van der Waals surface area (Å²) >= 11 is 12.7. The zero-order chi connectivity index (χ0) is 25.1. The van der Waals surface area contributed by atoms with E-state index in [2.05, 4.69) is 30.5 Å².